The first-order chi connectivity index (χ1) is 9.81. The van der Waals surface area contributed by atoms with Crippen molar-refractivity contribution in [1.82, 2.24) is 0 Å². The van der Waals surface area contributed by atoms with E-state index in [1.54, 1.807) is 48.5 Å². The second kappa shape index (κ2) is 5.11. The Hall–Kier alpha value is -0.310. The van der Waals surface area contributed by atoms with Crippen LogP contribution in [0, 0.1) is 0 Å². The molecule has 1 nitrogen and oxygen atoms in total. The third-order valence-electron chi connectivity index (χ3n) is 3.42. The zero-order valence-corrected chi connectivity index (χ0v) is 14.3. The topological polar surface area (TPSA) is 9.23 Å². The smallest absolute Gasteiger partial charge is 0.244 e. The van der Waals surface area contributed by atoms with Gasteiger partial charge in [-0.15, -0.1) is 0 Å². The molecule has 2 aromatic rings. The fourth-order valence-electron chi connectivity index (χ4n) is 2.29. The molecule has 0 bridgehead atoms. The Morgan fingerprint density at radius 3 is 1.95 bits per heavy atom. The lowest BCUT2D eigenvalue weighted by Gasteiger charge is -2.48. The summed E-state index contributed by atoms with van der Waals surface area (Å²) in [6.07, 6.45) is 0. The predicted molar refractivity (Wildman–Crippen MR) is 88.9 cm³/mol. The SMILES string of the molecule is ClC1(Cl)c2ccccc2OC(Cl)(c2ccccc2)C1(Cl)Cl. The number of hydrogen-bond acceptors (Lipinski definition) is 1. The molecule has 0 radical (unpaired) electrons. The van der Waals surface area contributed by atoms with Crippen molar-refractivity contribution in [2.75, 3.05) is 0 Å². The monoisotopic (exact) mass is 380 g/mol. The molecule has 0 aliphatic carbocycles. The van der Waals surface area contributed by atoms with Crippen molar-refractivity contribution in [3.63, 3.8) is 0 Å². The van der Waals surface area contributed by atoms with Crippen LogP contribution in [0.4, 0.5) is 0 Å². The molecule has 1 unspecified atom stereocenters. The van der Waals surface area contributed by atoms with Gasteiger partial charge >= 0.3 is 0 Å². The molecule has 0 N–H and O–H groups in total. The van der Waals surface area contributed by atoms with E-state index in [4.69, 9.17) is 62.7 Å². The van der Waals surface area contributed by atoms with Gasteiger partial charge in [0, 0.05) is 11.1 Å². The van der Waals surface area contributed by atoms with Crippen LogP contribution in [-0.4, -0.2) is 4.33 Å². The molecule has 0 saturated heterocycles. The van der Waals surface area contributed by atoms with Crippen LogP contribution >= 0.6 is 58.0 Å². The molecule has 6 heteroatoms. The molecule has 0 amide bonds. The number of benzene rings is 2. The first-order valence-electron chi connectivity index (χ1n) is 6.09. The van der Waals surface area contributed by atoms with Crippen molar-refractivity contribution in [3.05, 3.63) is 65.7 Å². The van der Waals surface area contributed by atoms with Crippen LogP contribution in [0.3, 0.4) is 0 Å². The Kier molecular flexibility index (Phi) is 3.79. The summed E-state index contributed by atoms with van der Waals surface area (Å²) in [7, 11) is 0. The van der Waals surface area contributed by atoms with Crippen molar-refractivity contribution in [3.8, 4) is 5.75 Å². The van der Waals surface area contributed by atoms with E-state index in [0.717, 1.165) is 0 Å². The van der Waals surface area contributed by atoms with Gasteiger partial charge in [0.2, 0.25) is 9.39 Å². The summed E-state index contributed by atoms with van der Waals surface area (Å²) < 4.78 is 2.45. The predicted octanol–water partition coefficient (Wildman–Crippen LogP) is 5.98. The third-order valence-corrected chi connectivity index (χ3v) is 6.65. The molecule has 1 heterocycles. The largest absolute Gasteiger partial charge is 0.464 e. The Morgan fingerprint density at radius 1 is 0.714 bits per heavy atom. The number of hydrogen-bond donors (Lipinski definition) is 0. The van der Waals surface area contributed by atoms with E-state index in [2.05, 4.69) is 0 Å². The summed E-state index contributed by atoms with van der Waals surface area (Å²) in [4.78, 5) is 0. The van der Waals surface area contributed by atoms with Crippen LogP contribution in [0.5, 0.6) is 5.75 Å². The number of para-hydroxylation sites is 1. The van der Waals surface area contributed by atoms with Gasteiger partial charge in [0.1, 0.15) is 5.75 Å². The molecule has 0 spiro atoms. The number of fused-ring (bicyclic) bond motifs is 1. The highest BCUT2D eigenvalue weighted by molar-refractivity contribution is 6.64. The molecule has 1 atom stereocenters. The molecule has 1 aliphatic rings. The van der Waals surface area contributed by atoms with E-state index >= 15 is 0 Å². The normalized spacial score (nSPS) is 25.8. The average molecular weight is 383 g/mol. The Bertz CT molecular complexity index is 671. The molecule has 21 heavy (non-hydrogen) atoms. The van der Waals surface area contributed by atoms with Crippen LogP contribution in [0.15, 0.2) is 54.6 Å². The molecule has 3 rings (SSSR count). The highest BCUT2D eigenvalue weighted by atomic mass is 35.5. The molecule has 110 valence electrons. The van der Waals surface area contributed by atoms with Crippen LogP contribution in [0.2, 0.25) is 0 Å². The minimum Gasteiger partial charge on any atom is -0.464 e. The van der Waals surface area contributed by atoms with E-state index in [9.17, 15) is 0 Å². The first-order valence-corrected chi connectivity index (χ1v) is 7.98. The summed E-state index contributed by atoms with van der Waals surface area (Å²) in [5.74, 6) is 0.443. The lowest BCUT2D eigenvalue weighted by molar-refractivity contribution is 0.110. The Balaban J connectivity index is 2.26. The highest BCUT2D eigenvalue weighted by Crippen LogP contribution is 2.65. The first kappa shape index (κ1) is 15.6. The minimum atomic E-state index is -1.81. The van der Waals surface area contributed by atoms with Gasteiger partial charge in [0.05, 0.1) is 0 Å². The zero-order valence-electron chi connectivity index (χ0n) is 10.5. The summed E-state index contributed by atoms with van der Waals surface area (Å²) in [6.45, 7) is 0. The number of alkyl halides is 5. The minimum absolute atomic E-state index is 0.443. The van der Waals surface area contributed by atoms with Gasteiger partial charge in [0.15, 0.2) is 4.33 Å². The van der Waals surface area contributed by atoms with E-state index in [-0.39, 0.29) is 0 Å². The molecular weight excluding hydrogens is 373 g/mol. The molecule has 0 saturated carbocycles. The van der Waals surface area contributed by atoms with Crippen molar-refractivity contribution in [2.45, 2.75) is 13.7 Å². The molecule has 0 aromatic heterocycles. The van der Waals surface area contributed by atoms with Gasteiger partial charge in [-0.25, -0.2) is 0 Å². The summed E-state index contributed by atoms with van der Waals surface area (Å²) in [5, 5.41) is -1.62. The van der Waals surface area contributed by atoms with Crippen molar-refractivity contribution >= 4 is 58.0 Å². The molecular formula is C15H9Cl5O. The summed E-state index contributed by atoms with van der Waals surface area (Å²) in [5.41, 5.74) is 1.04. The van der Waals surface area contributed by atoms with Crippen LogP contribution in [0.1, 0.15) is 11.1 Å². The highest BCUT2D eigenvalue weighted by Gasteiger charge is 2.67. The van der Waals surface area contributed by atoms with E-state index in [1.165, 1.54) is 0 Å². The van der Waals surface area contributed by atoms with Gasteiger partial charge in [-0.05, 0) is 6.07 Å². The van der Waals surface area contributed by atoms with Crippen LogP contribution in [-0.2, 0) is 9.39 Å². The number of halogens is 5. The lowest BCUT2D eigenvalue weighted by Crippen LogP contribution is -2.55. The van der Waals surface area contributed by atoms with Gasteiger partial charge < -0.3 is 4.74 Å². The summed E-state index contributed by atoms with van der Waals surface area (Å²) >= 11 is 32.5. The fourth-order valence-corrected chi connectivity index (χ4v) is 3.82. The van der Waals surface area contributed by atoms with Crippen LogP contribution < -0.4 is 4.74 Å². The molecule has 1 aliphatic heterocycles. The maximum Gasteiger partial charge on any atom is 0.244 e. The molecule has 2 aromatic carbocycles. The quantitative estimate of drug-likeness (QED) is 0.552. The van der Waals surface area contributed by atoms with Crippen molar-refractivity contribution in [1.29, 1.82) is 0 Å². The van der Waals surface area contributed by atoms with E-state index < -0.39 is 13.7 Å². The van der Waals surface area contributed by atoms with Gasteiger partial charge in [-0.3, -0.25) is 0 Å². The Morgan fingerprint density at radius 2 is 1.29 bits per heavy atom. The average Bonchev–Trinajstić information content (AvgIpc) is 2.47. The van der Waals surface area contributed by atoms with E-state index in [1.807, 2.05) is 6.07 Å². The van der Waals surface area contributed by atoms with Crippen molar-refractivity contribution < 1.29 is 4.74 Å². The maximum absolute atomic E-state index is 6.65. The fraction of sp³-hybridized carbons (Fsp3) is 0.200. The zero-order chi connectivity index (χ0) is 15.3. The Labute approximate surface area is 147 Å². The molecule has 0 fully saturated rings. The lowest BCUT2D eigenvalue weighted by atomic mass is 9.94. The van der Waals surface area contributed by atoms with Crippen LogP contribution in [0.25, 0.3) is 0 Å². The van der Waals surface area contributed by atoms with Gasteiger partial charge in [-0.2, -0.15) is 0 Å². The maximum atomic E-state index is 6.65. The standard InChI is InChI=1S/C15H9Cl5O/c16-13(17)11-8-4-5-9-12(11)21-14(18,15(13,19)20)10-6-2-1-3-7-10/h1-9H. The third kappa shape index (κ3) is 2.14. The van der Waals surface area contributed by atoms with Gasteiger partial charge in [-0.1, -0.05) is 107 Å². The van der Waals surface area contributed by atoms with E-state index in [0.29, 0.717) is 16.9 Å². The second-order valence-electron chi connectivity index (χ2n) is 4.71. The van der Waals surface area contributed by atoms with Gasteiger partial charge in [0.25, 0.3) is 0 Å². The summed E-state index contributed by atoms with van der Waals surface area (Å²) in [6, 6.07) is 16.0. The van der Waals surface area contributed by atoms with Crippen molar-refractivity contribution in [2.24, 2.45) is 0 Å². The second-order valence-corrected chi connectivity index (χ2v) is 7.90. The number of ether oxygens (including phenoxy) is 1. The number of rotatable bonds is 1.